The van der Waals surface area contributed by atoms with Crippen LogP contribution in [0.15, 0.2) is 30.3 Å². The summed E-state index contributed by atoms with van der Waals surface area (Å²) in [6, 6.07) is 9.89. The smallest absolute Gasteiger partial charge is 0.233 e. The molecule has 1 fully saturated rings. The molecule has 2 N–H and O–H groups in total. The number of rotatable bonds is 5. The van der Waals surface area contributed by atoms with E-state index in [0.29, 0.717) is 13.0 Å². The Kier molecular flexibility index (Phi) is 5.92. The average molecular weight is 293 g/mol. The third-order valence-electron chi connectivity index (χ3n) is 3.98. The molecule has 1 aromatic rings. The highest BCUT2D eigenvalue weighted by molar-refractivity contribution is 7.81. The van der Waals surface area contributed by atoms with E-state index in [9.17, 15) is 9.90 Å². The minimum Gasteiger partial charge on any atom is -0.393 e. The zero-order valence-electron chi connectivity index (χ0n) is 11.7. The zero-order chi connectivity index (χ0) is 14.4. The van der Waals surface area contributed by atoms with E-state index >= 15 is 0 Å². The van der Waals surface area contributed by atoms with Crippen LogP contribution in [-0.2, 0) is 11.2 Å². The number of aliphatic hydroxyl groups excluding tert-OH is 1. The molecule has 3 atom stereocenters. The summed E-state index contributed by atoms with van der Waals surface area (Å²) < 4.78 is 0. The summed E-state index contributed by atoms with van der Waals surface area (Å²) in [7, 11) is 0. The van der Waals surface area contributed by atoms with Crippen molar-refractivity contribution in [1.29, 1.82) is 0 Å². The number of carbonyl (C=O) groups excluding carboxylic acids is 1. The monoisotopic (exact) mass is 293 g/mol. The van der Waals surface area contributed by atoms with E-state index in [1.807, 2.05) is 30.3 Å². The van der Waals surface area contributed by atoms with Crippen molar-refractivity contribution in [2.75, 3.05) is 6.54 Å². The van der Waals surface area contributed by atoms with Crippen molar-refractivity contribution < 1.29 is 9.90 Å². The van der Waals surface area contributed by atoms with E-state index < -0.39 is 0 Å². The van der Waals surface area contributed by atoms with Gasteiger partial charge < -0.3 is 10.4 Å². The van der Waals surface area contributed by atoms with Crippen molar-refractivity contribution in [3.05, 3.63) is 35.9 Å². The Bertz CT molecular complexity index is 424. The second-order valence-corrected chi connectivity index (χ2v) is 6.19. The highest BCUT2D eigenvalue weighted by Gasteiger charge is 2.24. The molecule has 0 bridgehead atoms. The molecule has 3 unspecified atom stereocenters. The van der Waals surface area contributed by atoms with Gasteiger partial charge in [0.1, 0.15) is 0 Å². The lowest BCUT2D eigenvalue weighted by Crippen LogP contribution is -2.40. The molecular formula is C16H23NO2S. The first-order chi connectivity index (χ1) is 9.66. The Hall–Kier alpha value is -1.00. The molecule has 0 aromatic heterocycles. The van der Waals surface area contributed by atoms with Crippen molar-refractivity contribution in [2.24, 2.45) is 5.92 Å². The largest absolute Gasteiger partial charge is 0.393 e. The molecule has 2 rings (SSSR count). The number of thiol groups is 1. The van der Waals surface area contributed by atoms with E-state index in [0.717, 1.165) is 31.2 Å². The fourth-order valence-corrected chi connectivity index (χ4v) is 3.01. The molecule has 1 saturated carbocycles. The van der Waals surface area contributed by atoms with Crippen LogP contribution in [0.4, 0.5) is 0 Å². The van der Waals surface area contributed by atoms with Crippen LogP contribution in [0.2, 0.25) is 0 Å². The molecule has 4 heteroatoms. The molecule has 1 amide bonds. The first-order valence-corrected chi connectivity index (χ1v) is 7.86. The van der Waals surface area contributed by atoms with Gasteiger partial charge in [-0.2, -0.15) is 12.6 Å². The first-order valence-electron chi connectivity index (χ1n) is 7.34. The van der Waals surface area contributed by atoms with Crippen LogP contribution in [0.3, 0.4) is 0 Å². The SMILES string of the molecule is O=C(NCC1CCCCC1O)C(S)Cc1ccccc1. The Labute approximate surface area is 126 Å². The second kappa shape index (κ2) is 7.70. The Morgan fingerprint density at radius 3 is 2.70 bits per heavy atom. The summed E-state index contributed by atoms with van der Waals surface area (Å²) in [5.41, 5.74) is 1.11. The van der Waals surface area contributed by atoms with Gasteiger partial charge in [0.15, 0.2) is 0 Å². The van der Waals surface area contributed by atoms with Crippen LogP contribution in [-0.4, -0.2) is 28.9 Å². The van der Waals surface area contributed by atoms with Gasteiger partial charge >= 0.3 is 0 Å². The number of aliphatic hydroxyl groups is 1. The number of hydrogen-bond acceptors (Lipinski definition) is 3. The van der Waals surface area contributed by atoms with Gasteiger partial charge in [-0.05, 0) is 24.8 Å². The molecule has 20 heavy (non-hydrogen) atoms. The molecule has 0 aliphatic heterocycles. The van der Waals surface area contributed by atoms with Crippen LogP contribution in [0.1, 0.15) is 31.2 Å². The number of carbonyl (C=O) groups is 1. The molecule has 1 aromatic carbocycles. The van der Waals surface area contributed by atoms with Crippen LogP contribution < -0.4 is 5.32 Å². The number of nitrogens with one attached hydrogen (secondary N) is 1. The normalized spacial score (nSPS) is 24.1. The van der Waals surface area contributed by atoms with Crippen molar-refractivity contribution in [3.63, 3.8) is 0 Å². The Morgan fingerprint density at radius 2 is 2.00 bits per heavy atom. The maximum Gasteiger partial charge on any atom is 0.233 e. The lowest BCUT2D eigenvalue weighted by molar-refractivity contribution is -0.121. The molecular weight excluding hydrogens is 270 g/mol. The first kappa shape index (κ1) is 15.4. The van der Waals surface area contributed by atoms with Crippen LogP contribution >= 0.6 is 12.6 Å². The fourth-order valence-electron chi connectivity index (χ4n) is 2.71. The van der Waals surface area contributed by atoms with Gasteiger partial charge in [-0.3, -0.25) is 4.79 Å². The lowest BCUT2D eigenvalue weighted by Gasteiger charge is -2.28. The van der Waals surface area contributed by atoms with Gasteiger partial charge in [0.05, 0.1) is 11.4 Å². The second-order valence-electron chi connectivity index (χ2n) is 5.56. The molecule has 110 valence electrons. The highest BCUT2D eigenvalue weighted by atomic mass is 32.1. The number of hydrogen-bond donors (Lipinski definition) is 3. The number of benzene rings is 1. The minimum atomic E-state index is -0.335. The molecule has 1 aliphatic rings. The summed E-state index contributed by atoms with van der Waals surface area (Å²) in [4.78, 5) is 12.0. The van der Waals surface area contributed by atoms with E-state index in [2.05, 4.69) is 17.9 Å². The van der Waals surface area contributed by atoms with Crippen LogP contribution in [0.25, 0.3) is 0 Å². The van der Waals surface area contributed by atoms with Crippen LogP contribution in [0.5, 0.6) is 0 Å². The minimum absolute atomic E-state index is 0.0463. The molecule has 3 nitrogen and oxygen atoms in total. The van der Waals surface area contributed by atoms with Gasteiger partial charge in [0.2, 0.25) is 5.91 Å². The third kappa shape index (κ3) is 4.53. The quantitative estimate of drug-likeness (QED) is 0.729. The maximum absolute atomic E-state index is 12.0. The topological polar surface area (TPSA) is 49.3 Å². The van der Waals surface area contributed by atoms with Gasteiger partial charge in [-0.1, -0.05) is 43.2 Å². The zero-order valence-corrected chi connectivity index (χ0v) is 12.6. The summed E-state index contributed by atoms with van der Waals surface area (Å²) >= 11 is 4.38. The summed E-state index contributed by atoms with van der Waals surface area (Å²) in [5, 5.41) is 12.5. The third-order valence-corrected chi connectivity index (χ3v) is 4.40. The molecule has 0 spiro atoms. The predicted octanol–water partition coefficient (Wildman–Crippen LogP) is 2.19. The van der Waals surface area contributed by atoms with E-state index in [-0.39, 0.29) is 23.2 Å². The fraction of sp³-hybridized carbons (Fsp3) is 0.562. The standard InChI is InChI=1S/C16H23NO2S/c18-14-9-5-4-8-13(14)11-17-16(19)15(20)10-12-6-2-1-3-7-12/h1-3,6-7,13-15,18,20H,4-5,8-11H2,(H,17,19). The van der Waals surface area contributed by atoms with Gasteiger partial charge in [-0.25, -0.2) is 0 Å². The summed E-state index contributed by atoms with van der Waals surface area (Å²) in [6.45, 7) is 0.561. The highest BCUT2D eigenvalue weighted by Crippen LogP contribution is 2.23. The molecule has 0 heterocycles. The Balaban J connectivity index is 1.76. The van der Waals surface area contributed by atoms with Crippen molar-refractivity contribution in [1.82, 2.24) is 5.32 Å². The summed E-state index contributed by atoms with van der Waals surface area (Å²) in [6.07, 6.45) is 4.45. The van der Waals surface area contributed by atoms with Gasteiger partial charge in [0, 0.05) is 12.5 Å². The molecule has 0 saturated heterocycles. The van der Waals surface area contributed by atoms with Gasteiger partial charge in [0.25, 0.3) is 0 Å². The molecule has 1 aliphatic carbocycles. The molecule has 0 radical (unpaired) electrons. The van der Waals surface area contributed by atoms with E-state index in [1.54, 1.807) is 0 Å². The average Bonchev–Trinajstić information content (AvgIpc) is 2.47. The van der Waals surface area contributed by atoms with E-state index in [1.165, 1.54) is 0 Å². The van der Waals surface area contributed by atoms with Crippen molar-refractivity contribution >= 4 is 18.5 Å². The van der Waals surface area contributed by atoms with E-state index in [4.69, 9.17) is 0 Å². The lowest BCUT2D eigenvalue weighted by atomic mass is 9.86. The maximum atomic E-state index is 12.0. The van der Waals surface area contributed by atoms with Crippen LogP contribution in [0, 0.1) is 5.92 Å². The van der Waals surface area contributed by atoms with Crippen molar-refractivity contribution in [3.8, 4) is 0 Å². The summed E-state index contributed by atoms with van der Waals surface area (Å²) in [5.74, 6) is 0.153. The van der Waals surface area contributed by atoms with Crippen molar-refractivity contribution in [2.45, 2.75) is 43.5 Å². The van der Waals surface area contributed by atoms with Gasteiger partial charge in [-0.15, -0.1) is 0 Å². The predicted molar refractivity (Wildman–Crippen MR) is 83.9 cm³/mol. The number of amides is 1. The Morgan fingerprint density at radius 1 is 1.30 bits per heavy atom.